The molecule has 3 nitrogen and oxygen atoms in total. The molecule has 0 saturated carbocycles. The van der Waals surface area contributed by atoms with Gasteiger partial charge in [0.1, 0.15) is 0 Å². The molecule has 0 bridgehead atoms. The van der Waals surface area contributed by atoms with Gasteiger partial charge in [0.05, 0.1) is 12.7 Å². The Kier molecular flexibility index (Phi) is 2.50. The fourth-order valence-electron chi connectivity index (χ4n) is 1.54. The normalized spacial score (nSPS) is 19.9. The summed E-state index contributed by atoms with van der Waals surface area (Å²) >= 11 is 0. The summed E-state index contributed by atoms with van der Waals surface area (Å²) in [5.41, 5.74) is 1.85. The summed E-state index contributed by atoms with van der Waals surface area (Å²) in [4.78, 5) is 11.1. The lowest BCUT2D eigenvalue weighted by molar-refractivity contribution is 0.0600. The van der Waals surface area contributed by atoms with E-state index in [0.717, 1.165) is 6.54 Å². The Morgan fingerprint density at radius 1 is 1.43 bits per heavy atom. The van der Waals surface area contributed by atoms with E-state index < -0.39 is 0 Å². The molecule has 1 atom stereocenters. The van der Waals surface area contributed by atoms with Crippen LogP contribution in [0.15, 0.2) is 24.3 Å². The van der Waals surface area contributed by atoms with Gasteiger partial charge in [0.15, 0.2) is 0 Å². The number of rotatable bonds is 2. The van der Waals surface area contributed by atoms with Crippen molar-refractivity contribution in [3.8, 4) is 0 Å². The molecule has 0 aliphatic carbocycles. The Balaban J connectivity index is 2.13. The van der Waals surface area contributed by atoms with Crippen LogP contribution >= 0.6 is 0 Å². The molecule has 1 unspecified atom stereocenters. The van der Waals surface area contributed by atoms with Crippen molar-refractivity contribution in [2.24, 2.45) is 0 Å². The highest BCUT2D eigenvalue weighted by molar-refractivity contribution is 5.89. The molecule has 1 saturated heterocycles. The largest absolute Gasteiger partial charge is 0.465 e. The first-order chi connectivity index (χ1) is 6.81. The van der Waals surface area contributed by atoms with Crippen molar-refractivity contribution < 1.29 is 9.53 Å². The Hall–Kier alpha value is -1.35. The van der Waals surface area contributed by atoms with E-state index in [2.05, 4.69) is 10.1 Å². The molecule has 1 heterocycles. The predicted molar refractivity (Wildman–Crippen MR) is 53.1 cm³/mol. The van der Waals surface area contributed by atoms with E-state index in [1.165, 1.54) is 19.1 Å². The van der Waals surface area contributed by atoms with Gasteiger partial charge in [-0.25, -0.2) is 4.79 Å². The number of hydrogen-bond donors (Lipinski definition) is 1. The van der Waals surface area contributed by atoms with Crippen LogP contribution in [0, 0.1) is 0 Å². The molecule has 0 radical (unpaired) electrons. The second-order valence-electron chi connectivity index (χ2n) is 3.41. The lowest BCUT2D eigenvalue weighted by Crippen LogP contribution is -2.34. The maximum absolute atomic E-state index is 11.1. The number of esters is 1. The number of benzene rings is 1. The van der Waals surface area contributed by atoms with Crippen LogP contribution in [0.1, 0.15) is 28.4 Å². The third kappa shape index (κ3) is 1.63. The van der Waals surface area contributed by atoms with Crippen molar-refractivity contribution in [1.29, 1.82) is 0 Å². The average molecular weight is 191 g/mol. The summed E-state index contributed by atoms with van der Waals surface area (Å²) in [5.74, 6) is -0.280. The maximum Gasteiger partial charge on any atom is 0.337 e. The van der Waals surface area contributed by atoms with Crippen molar-refractivity contribution in [2.75, 3.05) is 13.7 Å². The summed E-state index contributed by atoms with van der Waals surface area (Å²) in [7, 11) is 1.39. The number of ether oxygens (including phenoxy) is 1. The number of hydrogen-bond acceptors (Lipinski definition) is 3. The third-order valence-electron chi connectivity index (χ3n) is 2.56. The van der Waals surface area contributed by atoms with Gasteiger partial charge >= 0.3 is 5.97 Å². The minimum atomic E-state index is -0.280. The highest BCUT2D eigenvalue weighted by atomic mass is 16.5. The highest BCUT2D eigenvalue weighted by Gasteiger charge is 2.18. The predicted octanol–water partition coefficient (Wildman–Crippen LogP) is 1.51. The van der Waals surface area contributed by atoms with E-state index >= 15 is 0 Å². The molecule has 1 aliphatic heterocycles. The van der Waals surface area contributed by atoms with Gasteiger partial charge in [0, 0.05) is 6.04 Å². The van der Waals surface area contributed by atoms with Crippen LogP contribution in [0.2, 0.25) is 0 Å². The van der Waals surface area contributed by atoms with Crippen LogP contribution in [0.5, 0.6) is 0 Å². The van der Waals surface area contributed by atoms with Crippen molar-refractivity contribution in [1.82, 2.24) is 5.32 Å². The molecule has 1 N–H and O–H groups in total. The van der Waals surface area contributed by atoms with Crippen molar-refractivity contribution >= 4 is 5.97 Å². The molecular weight excluding hydrogens is 178 g/mol. The molecule has 3 heteroatoms. The van der Waals surface area contributed by atoms with Gasteiger partial charge in [-0.2, -0.15) is 0 Å². The standard InChI is InChI=1S/C11H13NO2/c1-14-11(13)9-4-2-8(3-5-9)10-6-7-12-10/h2-5,10,12H,6-7H2,1H3. The van der Waals surface area contributed by atoms with E-state index in [-0.39, 0.29) is 5.97 Å². The molecule has 1 aliphatic rings. The first kappa shape index (κ1) is 9.21. The van der Waals surface area contributed by atoms with Gasteiger partial charge < -0.3 is 10.1 Å². The fourth-order valence-corrected chi connectivity index (χ4v) is 1.54. The van der Waals surface area contributed by atoms with E-state index in [9.17, 15) is 4.79 Å². The van der Waals surface area contributed by atoms with E-state index in [1.807, 2.05) is 12.1 Å². The van der Waals surface area contributed by atoms with Gasteiger partial charge in [0.2, 0.25) is 0 Å². The topological polar surface area (TPSA) is 38.3 Å². The average Bonchev–Trinajstić information content (AvgIpc) is 2.15. The maximum atomic E-state index is 11.1. The minimum Gasteiger partial charge on any atom is -0.465 e. The molecule has 2 rings (SSSR count). The molecule has 1 aromatic rings. The van der Waals surface area contributed by atoms with Crippen LogP contribution in [-0.4, -0.2) is 19.6 Å². The first-order valence-corrected chi connectivity index (χ1v) is 4.73. The van der Waals surface area contributed by atoms with Gasteiger partial charge in [-0.1, -0.05) is 12.1 Å². The number of carbonyl (C=O) groups excluding carboxylic acids is 1. The highest BCUT2D eigenvalue weighted by Crippen LogP contribution is 2.22. The second kappa shape index (κ2) is 3.80. The molecule has 0 aromatic heterocycles. The lowest BCUT2D eigenvalue weighted by atomic mass is 9.97. The number of methoxy groups -OCH3 is 1. The summed E-state index contributed by atoms with van der Waals surface area (Å²) in [6, 6.07) is 8.04. The van der Waals surface area contributed by atoms with Gasteiger partial charge in [-0.05, 0) is 30.7 Å². The molecule has 74 valence electrons. The molecule has 1 fully saturated rings. The Morgan fingerprint density at radius 3 is 2.50 bits per heavy atom. The second-order valence-corrected chi connectivity index (χ2v) is 3.41. The molecule has 0 amide bonds. The smallest absolute Gasteiger partial charge is 0.337 e. The van der Waals surface area contributed by atoms with Crippen LogP contribution in [0.3, 0.4) is 0 Å². The third-order valence-corrected chi connectivity index (χ3v) is 2.56. The van der Waals surface area contributed by atoms with Crippen LogP contribution < -0.4 is 5.32 Å². The SMILES string of the molecule is COC(=O)c1ccc(C2CCN2)cc1. The lowest BCUT2D eigenvalue weighted by Gasteiger charge is -2.27. The van der Waals surface area contributed by atoms with Crippen molar-refractivity contribution in [3.05, 3.63) is 35.4 Å². The summed E-state index contributed by atoms with van der Waals surface area (Å²) < 4.78 is 4.62. The zero-order valence-electron chi connectivity index (χ0n) is 8.12. The molecule has 14 heavy (non-hydrogen) atoms. The Labute approximate surface area is 83.1 Å². The van der Waals surface area contributed by atoms with Gasteiger partial charge in [-0.3, -0.25) is 0 Å². The van der Waals surface area contributed by atoms with Crippen molar-refractivity contribution in [2.45, 2.75) is 12.5 Å². The van der Waals surface area contributed by atoms with Crippen LogP contribution in [0.25, 0.3) is 0 Å². The fraction of sp³-hybridized carbons (Fsp3) is 0.364. The molecule has 0 spiro atoms. The number of carbonyl (C=O) groups is 1. The summed E-state index contributed by atoms with van der Waals surface area (Å²) in [6.45, 7) is 1.09. The minimum absolute atomic E-state index is 0.280. The van der Waals surface area contributed by atoms with Crippen molar-refractivity contribution in [3.63, 3.8) is 0 Å². The van der Waals surface area contributed by atoms with Gasteiger partial charge in [-0.15, -0.1) is 0 Å². The van der Waals surface area contributed by atoms with E-state index in [4.69, 9.17) is 0 Å². The van der Waals surface area contributed by atoms with E-state index in [0.29, 0.717) is 11.6 Å². The van der Waals surface area contributed by atoms with Crippen LogP contribution in [0.4, 0.5) is 0 Å². The Morgan fingerprint density at radius 2 is 2.07 bits per heavy atom. The zero-order chi connectivity index (χ0) is 9.97. The summed E-state index contributed by atoms with van der Waals surface area (Å²) in [6.07, 6.45) is 1.18. The Bertz CT molecular complexity index is 328. The quantitative estimate of drug-likeness (QED) is 0.720. The number of nitrogens with one attached hydrogen (secondary N) is 1. The first-order valence-electron chi connectivity index (χ1n) is 4.73. The van der Waals surface area contributed by atoms with Crippen LogP contribution in [-0.2, 0) is 4.74 Å². The monoisotopic (exact) mass is 191 g/mol. The zero-order valence-corrected chi connectivity index (χ0v) is 8.12. The van der Waals surface area contributed by atoms with E-state index in [1.54, 1.807) is 12.1 Å². The molecular formula is C11H13NO2. The van der Waals surface area contributed by atoms with Gasteiger partial charge in [0.25, 0.3) is 0 Å². The molecule has 1 aromatic carbocycles. The summed E-state index contributed by atoms with van der Waals surface area (Å²) in [5, 5.41) is 3.31.